The molecule has 20 heavy (non-hydrogen) atoms. The fourth-order valence-electron chi connectivity index (χ4n) is 1.77. The summed E-state index contributed by atoms with van der Waals surface area (Å²) >= 11 is 0. The van der Waals surface area contributed by atoms with E-state index in [1.54, 1.807) is 25.1 Å². The molecule has 1 heterocycles. The van der Waals surface area contributed by atoms with Crippen LogP contribution in [0, 0.1) is 0 Å². The molecule has 2 atom stereocenters. The van der Waals surface area contributed by atoms with E-state index in [1.807, 2.05) is 13.8 Å². The molecule has 0 spiro atoms. The summed E-state index contributed by atoms with van der Waals surface area (Å²) < 4.78 is 12.3. The van der Waals surface area contributed by atoms with Gasteiger partial charge in [0.25, 0.3) is 0 Å². The lowest BCUT2D eigenvalue weighted by Gasteiger charge is -2.12. The van der Waals surface area contributed by atoms with Gasteiger partial charge in [-0.15, -0.1) is 0 Å². The topological polar surface area (TPSA) is 101 Å². The molecule has 1 aromatic carbocycles. The van der Waals surface area contributed by atoms with Gasteiger partial charge < -0.3 is 16.0 Å². The molecular formula is C13H18N4O2S. The molecule has 0 saturated carbocycles. The number of aromatic amines is 1. The second kappa shape index (κ2) is 5.62. The summed E-state index contributed by atoms with van der Waals surface area (Å²) in [6.07, 6.45) is 0. The third kappa shape index (κ3) is 2.98. The third-order valence-electron chi connectivity index (χ3n) is 2.80. The van der Waals surface area contributed by atoms with Gasteiger partial charge in [-0.05, 0) is 39.0 Å². The maximum atomic E-state index is 12.3. The maximum absolute atomic E-state index is 12.3. The van der Waals surface area contributed by atoms with E-state index >= 15 is 0 Å². The van der Waals surface area contributed by atoms with Crippen LogP contribution >= 0.6 is 0 Å². The molecule has 0 aliphatic rings. The fourth-order valence-corrected chi connectivity index (χ4v) is 2.76. The smallest absolute Gasteiger partial charge is 0.236 e. The Morgan fingerprint density at radius 1 is 1.40 bits per heavy atom. The highest BCUT2D eigenvalue weighted by Crippen LogP contribution is 2.18. The van der Waals surface area contributed by atoms with Gasteiger partial charge in [-0.2, -0.15) is 0 Å². The number of imidazole rings is 1. The van der Waals surface area contributed by atoms with Gasteiger partial charge in [-0.1, -0.05) is 0 Å². The maximum Gasteiger partial charge on any atom is 0.236 e. The van der Waals surface area contributed by atoms with Gasteiger partial charge in [-0.3, -0.25) is 9.00 Å². The lowest BCUT2D eigenvalue weighted by molar-refractivity contribution is -0.120. The van der Waals surface area contributed by atoms with Crippen LogP contribution in [0.5, 0.6) is 0 Å². The molecule has 0 fully saturated rings. The second-order valence-corrected chi connectivity index (χ2v) is 6.61. The second-order valence-electron chi connectivity index (χ2n) is 4.92. The number of H-pyrrole nitrogens is 1. The van der Waals surface area contributed by atoms with Crippen LogP contribution in [0.15, 0.2) is 23.4 Å². The summed E-state index contributed by atoms with van der Waals surface area (Å²) in [7, 11) is -1.53. The van der Waals surface area contributed by atoms with E-state index < -0.39 is 16.0 Å². The van der Waals surface area contributed by atoms with Gasteiger partial charge >= 0.3 is 0 Å². The zero-order valence-corrected chi connectivity index (χ0v) is 12.5. The first-order valence-electron chi connectivity index (χ1n) is 6.34. The zero-order valence-electron chi connectivity index (χ0n) is 11.6. The largest absolute Gasteiger partial charge is 0.399 e. The molecule has 2 rings (SSSR count). The Morgan fingerprint density at radius 3 is 2.75 bits per heavy atom. The molecule has 1 aromatic heterocycles. The number of rotatable bonds is 4. The molecular weight excluding hydrogens is 276 g/mol. The summed E-state index contributed by atoms with van der Waals surface area (Å²) in [4.78, 5) is 19.1. The lowest BCUT2D eigenvalue weighted by atomic mass is 10.3. The van der Waals surface area contributed by atoms with Gasteiger partial charge in [0, 0.05) is 11.7 Å². The number of carbonyl (C=O) groups is 1. The first-order valence-corrected chi connectivity index (χ1v) is 7.56. The van der Waals surface area contributed by atoms with Gasteiger partial charge in [-0.25, -0.2) is 4.98 Å². The molecule has 0 aliphatic heterocycles. The molecule has 0 radical (unpaired) electrons. The Kier molecular flexibility index (Phi) is 4.08. The van der Waals surface area contributed by atoms with Crippen molar-refractivity contribution in [2.75, 3.05) is 5.73 Å². The summed E-state index contributed by atoms with van der Waals surface area (Å²) in [5.41, 5.74) is 7.68. The average Bonchev–Trinajstić information content (AvgIpc) is 2.78. The molecule has 0 bridgehead atoms. The van der Waals surface area contributed by atoms with Crippen LogP contribution in [0.4, 0.5) is 5.69 Å². The van der Waals surface area contributed by atoms with Crippen LogP contribution in [-0.4, -0.2) is 31.4 Å². The molecule has 6 nitrogen and oxygen atoms in total. The van der Waals surface area contributed by atoms with Crippen molar-refractivity contribution >= 4 is 33.4 Å². The summed E-state index contributed by atoms with van der Waals surface area (Å²) in [5, 5.41) is 2.36. The Hall–Kier alpha value is -1.89. The van der Waals surface area contributed by atoms with Crippen molar-refractivity contribution in [3.05, 3.63) is 18.2 Å². The monoisotopic (exact) mass is 294 g/mol. The van der Waals surface area contributed by atoms with Crippen molar-refractivity contribution < 1.29 is 9.00 Å². The molecule has 0 aliphatic carbocycles. The quantitative estimate of drug-likeness (QED) is 0.737. The van der Waals surface area contributed by atoms with E-state index in [9.17, 15) is 9.00 Å². The molecule has 1 amide bonds. The Morgan fingerprint density at radius 2 is 2.10 bits per heavy atom. The highest BCUT2D eigenvalue weighted by molar-refractivity contribution is 7.86. The highest BCUT2D eigenvalue weighted by Gasteiger charge is 2.24. The van der Waals surface area contributed by atoms with Crippen molar-refractivity contribution in [2.24, 2.45) is 0 Å². The summed E-state index contributed by atoms with van der Waals surface area (Å²) in [5.74, 6) is -0.252. The minimum atomic E-state index is -1.53. The van der Waals surface area contributed by atoms with Crippen molar-refractivity contribution in [1.82, 2.24) is 15.3 Å². The van der Waals surface area contributed by atoms with Crippen molar-refractivity contribution in [3.63, 3.8) is 0 Å². The first kappa shape index (κ1) is 14.5. The van der Waals surface area contributed by atoms with Gasteiger partial charge in [0.2, 0.25) is 5.91 Å². The summed E-state index contributed by atoms with van der Waals surface area (Å²) in [6.45, 7) is 5.34. The minimum Gasteiger partial charge on any atom is -0.399 e. The van der Waals surface area contributed by atoms with Crippen LogP contribution in [-0.2, 0) is 15.6 Å². The van der Waals surface area contributed by atoms with Crippen LogP contribution in [0.25, 0.3) is 11.0 Å². The zero-order chi connectivity index (χ0) is 14.9. The molecule has 108 valence electrons. The predicted molar refractivity (Wildman–Crippen MR) is 79.7 cm³/mol. The number of benzene rings is 1. The number of fused-ring (bicyclic) bond motifs is 1. The van der Waals surface area contributed by atoms with E-state index in [0.29, 0.717) is 16.7 Å². The van der Waals surface area contributed by atoms with E-state index in [1.165, 1.54) is 0 Å². The number of nitrogens with zero attached hydrogens (tertiary/aromatic N) is 1. The number of carbonyl (C=O) groups excluding carboxylic acids is 1. The number of hydrogen-bond donors (Lipinski definition) is 3. The Labute approximate surface area is 119 Å². The minimum absolute atomic E-state index is 0.0115. The van der Waals surface area contributed by atoms with Gasteiger partial charge in [0.1, 0.15) is 16.0 Å². The average molecular weight is 294 g/mol. The SMILES string of the molecule is CC(C)NC(=O)C(C)S(=O)c1nc2ccc(N)cc2[nH]1. The standard InChI is InChI=1S/C13H18N4O2S/c1-7(2)15-12(18)8(3)20(19)13-16-10-5-4-9(14)6-11(10)17-13/h4-8H,14H2,1-3H3,(H,15,18)(H,16,17). The number of hydrogen-bond acceptors (Lipinski definition) is 4. The molecule has 0 saturated heterocycles. The Balaban J connectivity index is 2.24. The number of amides is 1. The van der Waals surface area contributed by atoms with Crippen LogP contribution in [0.3, 0.4) is 0 Å². The van der Waals surface area contributed by atoms with E-state index in [4.69, 9.17) is 5.73 Å². The number of nitrogens with two attached hydrogens (primary N) is 1. The molecule has 2 aromatic rings. The van der Waals surface area contributed by atoms with Crippen molar-refractivity contribution in [1.29, 1.82) is 0 Å². The predicted octanol–water partition coefficient (Wildman–Crippen LogP) is 1.17. The van der Waals surface area contributed by atoms with E-state index in [-0.39, 0.29) is 17.1 Å². The van der Waals surface area contributed by atoms with Crippen LogP contribution in [0.1, 0.15) is 20.8 Å². The van der Waals surface area contributed by atoms with Crippen molar-refractivity contribution in [3.8, 4) is 0 Å². The highest BCUT2D eigenvalue weighted by atomic mass is 32.2. The first-order chi connectivity index (χ1) is 9.38. The molecule has 7 heteroatoms. The van der Waals surface area contributed by atoms with Crippen LogP contribution < -0.4 is 11.1 Å². The molecule has 4 N–H and O–H groups in total. The number of aromatic nitrogens is 2. The summed E-state index contributed by atoms with van der Waals surface area (Å²) in [6, 6.07) is 5.21. The fraction of sp³-hybridized carbons (Fsp3) is 0.385. The van der Waals surface area contributed by atoms with Crippen molar-refractivity contribution in [2.45, 2.75) is 37.2 Å². The number of nitrogens with one attached hydrogen (secondary N) is 2. The van der Waals surface area contributed by atoms with Crippen LogP contribution in [0.2, 0.25) is 0 Å². The number of nitrogen functional groups attached to an aromatic ring is 1. The van der Waals surface area contributed by atoms with Gasteiger partial charge in [0.15, 0.2) is 5.16 Å². The van der Waals surface area contributed by atoms with Gasteiger partial charge in [0.05, 0.1) is 11.0 Å². The Bertz CT molecular complexity index is 665. The number of anilines is 1. The molecule has 2 unspecified atom stereocenters. The lowest BCUT2D eigenvalue weighted by Crippen LogP contribution is -2.39. The normalized spacial score (nSPS) is 14.4. The third-order valence-corrected chi connectivity index (χ3v) is 4.23. The van der Waals surface area contributed by atoms with E-state index in [2.05, 4.69) is 15.3 Å². The van der Waals surface area contributed by atoms with E-state index in [0.717, 1.165) is 0 Å².